The summed E-state index contributed by atoms with van der Waals surface area (Å²) in [5.41, 5.74) is 10.3. The zero-order chi connectivity index (χ0) is 23.4. The molecule has 0 saturated heterocycles. The van der Waals surface area contributed by atoms with Crippen molar-refractivity contribution in [2.45, 2.75) is 34.6 Å². The molecule has 0 radical (unpaired) electrons. The molecule has 0 aromatic carbocycles. The third-order valence-corrected chi connectivity index (χ3v) is 0.642. The van der Waals surface area contributed by atoms with Crippen molar-refractivity contribution in [1.29, 1.82) is 0 Å². The summed E-state index contributed by atoms with van der Waals surface area (Å²) in [7, 11) is 0. The molecule has 0 unspecified atom stereocenters. The summed E-state index contributed by atoms with van der Waals surface area (Å²) < 4.78 is 0. The van der Waals surface area contributed by atoms with E-state index in [9.17, 15) is 0 Å². The van der Waals surface area contributed by atoms with E-state index in [-0.39, 0.29) is 46.6 Å². The van der Waals surface area contributed by atoms with Gasteiger partial charge < -0.3 is 56.7 Å². The summed E-state index contributed by atoms with van der Waals surface area (Å²) in [6.45, 7) is 8.22. The van der Waals surface area contributed by atoms with Gasteiger partial charge in [-0.15, -0.1) is 0 Å². The van der Waals surface area contributed by atoms with E-state index in [0.29, 0.717) is 13.1 Å². The molecule has 0 fully saturated rings. The van der Waals surface area contributed by atoms with E-state index in [2.05, 4.69) is 5.32 Å². The minimum atomic E-state index is -1.08. The fraction of sp³-hybridized carbons (Fsp3) is 0.643. The van der Waals surface area contributed by atoms with Crippen molar-refractivity contribution in [3.63, 3.8) is 0 Å². The van der Waals surface area contributed by atoms with E-state index < -0.39 is 29.8 Å². The minimum Gasteiger partial charge on any atom is -0.550 e. The van der Waals surface area contributed by atoms with Crippen molar-refractivity contribution in [2.75, 3.05) is 26.2 Å². The Morgan fingerprint density at radius 2 is 0.793 bits per heavy atom. The first-order chi connectivity index (χ1) is 12.1. The van der Waals surface area contributed by atoms with Gasteiger partial charge in [-0.2, -0.15) is 0 Å². The molecular formula is C14H30FeN3NaO10. The molecule has 0 amide bonds. The summed E-state index contributed by atoms with van der Waals surface area (Å²) in [6.07, 6.45) is 0. The van der Waals surface area contributed by atoms with E-state index in [0.717, 1.165) is 47.7 Å². The van der Waals surface area contributed by atoms with Gasteiger partial charge in [0.25, 0.3) is 11.9 Å². The molecule has 0 atom stereocenters. The van der Waals surface area contributed by atoms with Gasteiger partial charge in [0, 0.05) is 57.9 Å². The largest absolute Gasteiger partial charge is 2.00 e. The summed E-state index contributed by atoms with van der Waals surface area (Å²) in [6, 6.07) is 0. The normalized spacial score (nSPS) is 6.59. The van der Waals surface area contributed by atoms with Crippen LogP contribution in [-0.4, -0.2) is 66.2 Å². The molecule has 0 saturated carbocycles. The Balaban J connectivity index is -0.0000000305. The van der Waals surface area contributed by atoms with E-state index in [1.165, 1.54) is 0 Å². The van der Waals surface area contributed by atoms with E-state index >= 15 is 0 Å². The number of nitrogens with two attached hydrogens (primary N) is 2. The van der Waals surface area contributed by atoms with Crippen LogP contribution < -0.4 is 61.7 Å². The third kappa shape index (κ3) is 2170. The second-order valence-corrected chi connectivity index (χ2v) is 3.84. The smallest absolute Gasteiger partial charge is 0.550 e. The standard InChI is InChI=1S/C4H13N3.5C2H4O2.Fe.Na/c5-1-3-7-4-2-6;5*1-2(3)4;;/h7H,1-6H2;5*1H3,(H,3,4);;/q;;;;;;+2;+1/p-3. The molecule has 7 N–H and O–H groups in total. The van der Waals surface area contributed by atoms with E-state index in [1.807, 2.05) is 0 Å². The average Bonchev–Trinajstić information content (AvgIpc) is 2.35. The number of nitrogens with one attached hydrogen (secondary N) is 1. The predicted molar refractivity (Wildman–Crippen MR) is 89.6 cm³/mol. The Bertz CT molecular complexity index is 295. The molecule has 0 aliphatic carbocycles. The Kier molecular flexibility index (Phi) is 88.6. The predicted octanol–water partition coefficient (Wildman–Crippen LogP) is -8.05. The molecule has 0 aliphatic rings. The van der Waals surface area contributed by atoms with Crippen molar-refractivity contribution < 1.29 is 96.1 Å². The molecule has 0 rings (SSSR count). The summed E-state index contributed by atoms with van der Waals surface area (Å²) in [5.74, 6) is -4.92. The van der Waals surface area contributed by atoms with Crippen LogP contribution in [0, 0.1) is 0 Å². The van der Waals surface area contributed by atoms with Gasteiger partial charge in [-0.25, -0.2) is 0 Å². The van der Waals surface area contributed by atoms with Gasteiger partial charge in [-0.1, -0.05) is 0 Å². The Morgan fingerprint density at radius 3 is 0.862 bits per heavy atom. The number of carboxylic acid groups (broad SMARTS) is 5. The zero-order valence-electron chi connectivity index (χ0n) is 17.5. The Morgan fingerprint density at radius 1 is 0.690 bits per heavy atom. The van der Waals surface area contributed by atoms with Crippen molar-refractivity contribution in [3.05, 3.63) is 0 Å². The maximum absolute atomic E-state index is 9.00. The van der Waals surface area contributed by atoms with Crippen LogP contribution in [-0.2, 0) is 41.0 Å². The number of carbonyl (C=O) groups excluding carboxylic acids is 3. The van der Waals surface area contributed by atoms with Gasteiger partial charge in [0.2, 0.25) is 0 Å². The molecule has 29 heavy (non-hydrogen) atoms. The van der Waals surface area contributed by atoms with Gasteiger partial charge in [-0.3, -0.25) is 9.59 Å². The molecule has 170 valence electrons. The number of carboxylic acids is 5. The van der Waals surface area contributed by atoms with Crippen LogP contribution in [0.25, 0.3) is 0 Å². The molecule has 15 heteroatoms. The van der Waals surface area contributed by atoms with Gasteiger partial charge in [-0.05, 0) is 20.8 Å². The summed E-state index contributed by atoms with van der Waals surface area (Å²) in [5, 5.41) is 44.5. The molecule has 0 aromatic rings. The van der Waals surface area contributed by atoms with Crippen molar-refractivity contribution >= 4 is 29.8 Å². The van der Waals surface area contributed by atoms with Gasteiger partial charge in [0.05, 0.1) is 0 Å². The first-order valence-corrected chi connectivity index (χ1v) is 7.10. The molecule has 0 spiro atoms. The third-order valence-electron chi connectivity index (χ3n) is 0.642. The fourth-order valence-corrected chi connectivity index (χ4v) is 0.329. The summed E-state index contributed by atoms with van der Waals surface area (Å²) >= 11 is 0. The molecule has 0 heterocycles. The zero-order valence-corrected chi connectivity index (χ0v) is 20.6. The average molecular weight is 479 g/mol. The number of carbonyl (C=O) groups is 5. The maximum atomic E-state index is 9.00. The van der Waals surface area contributed by atoms with E-state index in [4.69, 9.17) is 61.0 Å². The van der Waals surface area contributed by atoms with Crippen LogP contribution in [0.2, 0.25) is 0 Å². The maximum Gasteiger partial charge on any atom is 2.00 e. The number of hydrogen-bond acceptors (Lipinski definition) is 11. The first-order valence-electron chi connectivity index (χ1n) is 7.10. The van der Waals surface area contributed by atoms with Crippen molar-refractivity contribution in [1.82, 2.24) is 5.32 Å². The second kappa shape index (κ2) is 50.5. The quantitative estimate of drug-likeness (QED) is 0.186. The van der Waals surface area contributed by atoms with Crippen molar-refractivity contribution in [3.8, 4) is 0 Å². The van der Waals surface area contributed by atoms with Gasteiger partial charge >= 0.3 is 46.6 Å². The van der Waals surface area contributed by atoms with Crippen LogP contribution in [0.5, 0.6) is 0 Å². The monoisotopic (exact) mass is 479 g/mol. The number of aliphatic carboxylic acids is 5. The van der Waals surface area contributed by atoms with Crippen molar-refractivity contribution in [2.24, 2.45) is 11.5 Å². The van der Waals surface area contributed by atoms with Gasteiger partial charge in [0.1, 0.15) is 0 Å². The van der Waals surface area contributed by atoms with Crippen LogP contribution in [0.1, 0.15) is 34.6 Å². The first kappa shape index (κ1) is 50.9. The number of rotatable bonds is 4. The Labute approximate surface area is 203 Å². The topological polar surface area (TPSA) is 259 Å². The molecular weight excluding hydrogens is 449 g/mol. The molecule has 0 aromatic heterocycles. The van der Waals surface area contributed by atoms with Gasteiger partial charge in [0.15, 0.2) is 0 Å². The SMILES string of the molecule is CC(=O)O.CC(=O)O.CC(=O)[O-].CC(=O)[O-].CC(=O)[O-].NCCNCCN.[Fe+2].[Na+]. The number of hydrogen-bond donors (Lipinski definition) is 5. The van der Waals surface area contributed by atoms with Crippen LogP contribution >= 0.6 is 0 Å². The van der Waals surface area contributed by atoms with Crippen LogP contribution in [0.3, 0.4) is 0 Å². The van der Waals surface area contributed by atoms with Crippen LogP contribution in [0.15, 0.2) is 0 Å². The summed E-state index contributed by atoms with van der Waals surface area (Å²) in [4.78, 5) is 44.7. The second-order valence-electron chi connectivity index (χ2n) is 3.84. The van der Waals surface area contributed by atoms with E-state index in [1.54, 1.807) is 0 Å². The molecule has 13 nitrogen and oxygen atoms in total. The molecule has 0 aliphatic heterocycles. The fourth-order valence-electron chi connectivity index (χ4n) is 0.329. The minimum absolute atomic E-state index is 0. The Hall–Kier alpha value is -1.25. The van der Waals surface area contributed by atoms with Crippen LogP contribution in [0.4, 0.5) is 0 Å². The molecule has 0 bridgehead atoms.